The van der Waals surface area contributed by atoms with E-state index in [-0.39, 0.29) is 11.9 Å². The Hall–Kier alpha value is -3.61. The topological polar surface area (TPSA) is 88.1 Å². The number of carbonyl (C=O) groups is 2. The summed E-state index contributed by atoms with van der Waals surface area (Å²) in [5, 5.41) is 12.8. The number of nitrogens with one attached hydrogen (secondary N) is 3. The molecule has 7 nitrogen and oxygen atoms in total. The quantitative estimate of drug-likeness (QED) is 0.616. The normalized spacial score (nSPS) is 13.0. The fraction of sp³-hybridized carbons (Fsp3) is 0.190. The van der Waals surface area contributed by atoms with Gasteiger partial charge in [0, 0.05) is 29.6 Å². The summed E-state index contributed by atoms with van der Waals surface area (Å²) in [4.78, 5) is 24.2. The van der Waals surface area contributed by atoms with Crippen LogP contribution in [0.4, 0.5) is 16.3 Å². The lowest BCUT2D eigenvalue weighted by molar-refractivity contribution is 0.102. The number of hydrogen-bond acceptors (Lipinski definition) is 3. The fourth-order valence-electron chi connectivity index (χ4n) is 2.76. The average molecular weight is 375 g/mol. The van der Waals surface area contributed by atoms with Crippen LogP contribution in [0.15, 0.2) is 66.9 Å². The number of aromatic nitrogens is 2. The molecule has 0 atom stereocenters. The highest BCUT2D eigenvalue weighted by Gasteiger charge is 2.23. The van der Waals surface area contributed by atoms with Gasteiger partial charge >= 0.3 is 6.03 Å². The van der Waals surface area contributed by atoms with Crippen LogP contribution in [0.3, 0.4) is 0 Å². The van der Waals surface area contributed by atoms with Crippen molar-refractivity contribution < 1.29 is 9.59 Å². The number of anilines is 2. The molecule has 28 heavy (non-hydrogen) atoms. The molecule has 1 aliphatic carbocycles. The lowest BCUT2D eigenvalue weighted by atomic mass is 10.2. The minimum Gasteiger partial charge on any atom is -0.335 e. The SMILES string of the molecule is O=C(Nc1ccc(C(=O)Nc2ccn(Cc3ccccc3)n2)cc1)NC1CC1. The number of carbonyl (C=O) groups excluding carboxylic acids is 2. The maximum absolute atomic E-state index is 12.4. The fourth-order valence-corrected chi connectivity index (χ4v) is 2.76. The Kier molecular flexibility index (Phi) is 5.05. The van der Waals surface area contributed by atoms with Gasteiger partial charge in [-0.1, -0.05) is 30.3 Å². The largest absolute Gasteiger partial charge is 0.335 e. The number of urea groups is 1. The van der Waals surface area contributed by atoms with E-state index in [9.17, 15) is 9.59 Å². The number of rotatable bonds is 6. The van der Waals surface area contributed by atoms with Gasteiger partial charge < -0.3 is 16.0 Å². The molecule has 1 aromatic heterocycles. The third kappa shape index (κ3) is 4.76. The summed E-state index contributed by atoms with van der Waals surface area (Å²) < 4.78 is 1.77. The molecule has 1 fully saturated rings. The maximum Gasteiger partial charge on any atom is 0.319 e. The van der Waals surface area contributed by atoms with Crippen molar-refractivity contribution >= 4 is 23.4 Å². The van der Waals surface area contributed by atoms with E-state index in [2.05, 4.69) is 21.0 Å². The highest BCUT2D eigenvalue weighted by molar-refractivity contribution is 6.04. The zero-order valence-corrected chi connectivity index (χ0v) is 15.3. The van der Waals surface area contributed by atoms with E-state index in [1.807, 2.05) is 36.5 Å². The summed E-state index contributed by atoms with van der Waals surface area (Å²) in [6.45, 7) is 0.639. The summed E-state index contributed by atoms with van der Waals surface area (Å²) in [7, 11) is 0. The first-order chi connectivity index (χ1) is 13.7. The van der Waals surface area contributed by atoms with E-state index in [1.165, 1.54) is 0 Å². The van der Waals surface area contributed by atoms with Crippen LogP contribution in [-0.4, -0.2) is 27.8 Å². The smallest absolute Gasteiger partial charge is 0.319 e. The standard InChI is InChI=1S/C21H21N5O2/c27-20(16-6-8-17(9-7-16)22-21(28)23-18-10-11-18)24-19-12-13-26(25-19)14-15-4-2-1-3-5-15/h1-9,12-13,18H,10-11,14H2,(H2,22,23,28)(H,24,25,27). The van der Waals surface area contributed by atoms with Crippen LogP contribution in [0.1, 0.15) is 28.8 Å². The molecule has 0 radical (unpaired) electrons. The molecule has 3 N–H and O–H groups in total. The van der Waals surface area contributed by atoms with Gasteiger partial charge in [-0.2, -0.15) is 5.10 Å². The summed E-state index contributed by atoms with van der Waals surface area (Å²) >= 11 is 0. The molecular formula is C21H21N5O2. The predicted octanol–water partition coefficient (Wildman–Crippen LogP) is 3.47. The lowest BCUT2D eigenvalue weighted by Gasteiger charge is -2.07. The molecule has 0 aliphatic heterocycles. The van der Waals surface area contributed by atoms with Crippen molar-refractivity contribution in [3.8, 4) is 0 Å². The van der Waals surface area contributed by atoms with Crippen LogP contribution in [0, 0.1) is 0 Å². The van der Waals surface area contributed by atoms with Gasteiger partial charge in [0.05, 0.1) is 6.54 Å². The monoisotopic (exact) mass is 375 g/mol. The summed E-state index contributed by atoms with van der Waals surface area (Å²) in [5.74, 6) is 0.242. The number of benzene rings is 2. The Balaban J connectivity index is 1.32. The first kappa shape index (κ1) is 17.8. The molecular weight excluding hydrogens is 354 g/mol. The van der Waals surface area contributed by atoms with Crippen LogP contribution >= 0.6 is 0 Å². The number of amides is 3. The Labute approximate surface area is 162 Å². The van der Waals surface area contributed by atoms with E-state index in [4.69, 9.17) is 0 Å². The van der Waals surface area contributed by atoms with Crippen molar-refractivity contribution in [2.75, 3.05) is 10.6 Å². The van der Waals surface area contributed by atoms with Crippen molar-refractivity contribution in [1.82, 2.24) is 15.1 Å². The number of nitrogens with zero attached hydrogens (tertiary/aromatic N) is 2. The maximum atomic E-state index is 12.4. The van der Waals surface area contributed by atoms with Crippen molar-refractivity contribution in [3.05, 3.63) is 78.0 Å². The second-order valence-electron chi connectivity index (χ2n) is 6.79. The Morgan fingerprint density at radius 3 is 2.43 bits per heavy atom. The van der Waals surface area contributed by atoms with E-state index in [0.717, 1.165) is 18.4 Å². The molecule has 1 aliphatic rings. The predicted molar refractivity (Wildman–Crippen MR) is 107 cm³/mol. The van der Waals surface area contributed by atoms with Gasteiger partial charge in [-0.15, -0.1) is 0 Å². The lowest BCUT2D eigenvalue weighted by Crippen LogP contribution is -2.30. The molecule has 0 unspecified atom stereocenters. The molecule has 1 saturated carbocycles. The van der Waals surface area contributed by atoms with Crippen molar-refractivity contribution in [2.45, 2.75) is 25.4 Å². The van der Waals surface area contributed by atoms with Gasteiger partial charge in [-0.3, -0.25) is 9.48 Å². The Morgan fingerprint density at radius 2 is 1.71 bits per heavy atom. The first-order valence-corrected chi connectivity index (χ1v) is 9.22. The average Bonchev–Trinajstić information content (AvgIpc) is 3.40. The third-order valence-electron chi connectivity index (χ3n) is 4.39. The zero-order chi connectivity index (χ0) is 19.3. The van der Waals surface area contributed by atoms with Crippen LogP contribution in [0.5, 0.6) is 0 Å². The summed E-state index contributed by atoms with van der Waals surface area (Å²) in [6, 6.07) is 18.6. The third-order valence-corrected chi connectivity index (χ3v) is 4.39. The van der Waals surface area contributed by atoms with Gasteiger partial charge in [0.15, 0.2) is 5.82 Å². The Bertz CT molecular complexity index is 962. The minimum absolute atomic E-state index is 0.219. The molecule has 0 saturated heterocycles. The second-order valence-corrected chi connectivity index (χ2v) is 6.79. The van der Waals surface area contributed by atoms with Crippen molar-refractivity contribution in [1.29, 1.82) is 0 Å². The van der Waals surface area contributed by atoms with E-state index >= 15 is 0 Å². The second kappa shape index (κ2) is 7.96. The first-order valence-electron chi connectivity index (χ1n) is 9.22. The van der Waals surface area contributed by atoms with Gasteiger partial charge in [0.2, 0.25) is 0 Å². The summed E-state index contributed by atoms with van der Waals surface area (Å²) in [6.07, 6.45) is 3.90. The van der Waals surface area contributed by atoms with E-state index < -0.39 is 0 Å². The minimum atomic E-state index is -0.251. The molecule has 1 heterocycles. The molecule has 3 amide bonds. The molecule has 2 aromatic carbocycles. The molecule has 142 valence electrons. The van der Waals surface area contributed by atoms with Crippen molar-refractivity contribution in [2.24, 2.45) is 0 Å². The van der Waals surface area contributed by atoms with Gasteiger partial charge in [-0.05, 0) is 42.7 Å². The van der Waals surface area contributed by atoms with Gasteiger partial charge in [0.1, 0.15) is 0 Å². The van der Waals surface area contributed by atoms with Gasteiger partial charge in [0.25, 0.3) is 5.91 Å². The van der Waals surface area contributed by atoms with Crippen molar-refractivity contribution in [3.63, 3.8) is 0 Å². The highest BCUT2D eigenvalue weighted by atomic mass is 16.2. The van der Waals surface area contributed by atoms with E-state index in [1.54, 1.807) is 35.0 Å². The molecule has 0 bridgehead atoms. The highest BCUT2D eigenvalue weighted by Crippen LogP contribution is 2.19. The van der Waals surface area contributed by atoms with Crippen LogP contribution in [0.25, 0.3) is 0 Å². The molecule has 0 spiro atoms. The van der Waals surface area contributed by atoms with E-state index in [0.29, 0.717) is 29.7 Å². The summed E-state index contributed by atoms with van der Waals surface area (Å²) in [5.41, 5.74) is 2.27. The molecule has 7 heteroatoms. The van der Waals surface area contributed by atoms with Gasteiger partial charge in [-0.25, -0.2) is 4.79 Å². The Morgan fingerprint density at radius 1 is 0.964 bits per heavy atom. The molecule has 3 aromatic rings. The van der Waals surface area contributed by atoms with Crippen LogP contribution in [-0.2, 0) is 6.54 Å². The van der Waals surface area contributed by atoms with Crippen LogP contribution in [0.2, 0.25) is 0 Å². The number of hydrogen-bond donors (Lipinski definition) is 3. The van der Waals surface area contributed by atoms with Crippen LogP contribution < -0.4 is 16.0 Å². The zero-order valence-electron chi connectivity index (χ0n) is 15.3. The molecule has 4 rings (SSSR count).